The minimum absolute atomic E-state index is 0.240. The molecule has 2 N–H and O–H groups in total. The lowest BCUT2D eigenvalue weighted by atomic mass is 10.0. The molecule has 0 aliphatic rings. The third-order valence-corrected chi connectivity index (χ3v) is 6.47. The zero-order chi connectivity index (χ0) is 24.9. The molecule has 0 saturated carbocycles. The quantitative estimate of drug-likeness (QED) is 0.256. The molecule has 0 unspecified atom stereocenters. The molecule has 0 bridgehead atoms. The van der Waals surface area contributed by atoms with Crippen molar-refractivity contribution in [2.24, 2.45) is 0 Å². The molecule has 0 radical (unpaired) electrons. The van der Waals surface area contributed by atoms with Gasteiger partial charge >= 0.3 is 0 Å². The van der Waals surface area contributed by atoms with Crippen molar-refractivity contribution in [3.63, 3.8) is 0 Å². The van der Waals surface area contributed by atoms with Crippen LogP contribution in [0.1, 0.15) is 31.8 Å². The number of rotatable bonds is 6. The van der Waals surface area contributed by atoms with E-state index < -0.39 is 0 Å². The molecule has 4 rings (SSSR count). The predicted molar refractivity (Wildman–Crippen MR) is 145 cm³/mol. The van der Waals surface area contributed by atoms with E-state index in [9.17, 15) is 9.59 Å². The highest BCUT2D eigenvalue weighted by Crippen LogP contribution is 2.27. The third kappa shape index (κ3) is 6.16. The van der Waals surface area contributed by atoms with E-state index in [-0.39, 0.29) is 22.9 Å². The van der Waals surface area contributed by atoms with E-state index in [4.69, 9.17) is 46.4 Å². The predicted octanol–water partition coefficient (Wildman–Crippen LogP) is 8.40. The second-order valence-corrected chi connectivity index (χ2v) is 9.30. The number of carbonyl (C=O) groups excluding carboxylic acids is 2. The second-order valence-electron chi connectivity index (χ2n) is 7.67. The monoisotopic (exact) mass is 542 g/mol. The maximum absolute atomic E-state index is 12.5. The first-order chi connectivity index (χ1) is 16.8. The van der Waals surface area contributed by atoms with Gasteiger partial charge in [-0.25, -0.2) is 0 Å². The Bertz CT molecular complexity index is 1240. The van der Waals surface area contributed by atoms with Gasteiger partial charge in [0, 0.05) is 11.4 Å². The highest BCUT2D eigenvalue weighted by Gasteiger charge is 2.16. The van der Waals surface area contributed by atoms with Crippen LogP contribution >= 0.6 is 46.4 Å². The first-order valence-corrected chi connectivity index (χ1v) is 12.0. The average molecular weight is 544 g/mol. The number of nitrogens with one attached hydrogen (secondary N) is 2. The summed E-state index contributed by atoms with van der Waals surface area (Å²) in [6.07, 6.45) is 0.676. The van der Waals surface area contributed by atoms with Crippen molar-refractivity contribution in [3.8, 4) is 0 Å². The van der Waals surface area contributed by atoms with Gasteiger partial charge in [0.25, 0.3) is 11.8 Å². The van der Waals surface area contributed by atoms with Crippen LogP contribution in [0.2, 0.25) is 20.1 Å². The Labute approximate surface area is 222 Å². The molecule has 8 heteroatoms. The van der Waals surface area contributed by atoms with Crippen LogP contribution in [0.5, 0.6) is 0 Å². The van der Waals surface area contributed by atoms with Crippen LogP contribution in [0.4, 0.5) is 11.4 Å². The van der Waals surface area contributed by atoms with Gasteiger partial charge in [0.2, 0.25) is 0 Å². The largest absolute Gasteiger partial charge is 0.322 e. The molecular formula is C27H18Cl4N2O2. The molecule has 0 heterocycles. The Morgan fingerprint density at radius 3 is 1.14 bits per heavy atom. The molecule has 4 nitrogen and oxygen atoms in total. The lowest BCUT2D eigenvalue weighted by Gasteiger charge is -2.10. The minimum Gasteiger partial charge on any atom is -0.322 e. The third-order valence-electron chi connectivity index (χ3n) is 5.21. The summed E-state index contributed by atoms with van der Waals surface area (Å²) in [6.45, 7) is 0. The molecule has 0 atom stereocenters. The highest BCUT2D eigenvalue weighted by atomic mass is 35.5. The number of benzene rings is 4. The zero-order valence-electron chi connectivity index (χ0n) is 18.1. The molecule has 0 aliphatic heterocycles. The molecule has 0 saturated heterocycles. The molecule has 4 aromatic carbocycles. The minimum atomic E-state index is -0.371. The summed E-state index contributed by atoms with van der Waals surface area (Å²) in [5.41, 5.74) is 3.85. The molecule has 0 fully saturated rings. The molecular weight excluding hydrogens is 526 g/mol. The van der Waals surface area contributed by atoms with Gasteiger partial charge in [0.05, 0.1) is 31.2 Å². The molecule has 176 valence electrons. The number of halogens is 4. The van der Waals surface area contributed by atoms with Crippen LogP contribution in [0.15, 0.2) is 84.9 Å². The van der Waals surface area contributed by atoms with E-state index in [0.717, 1.165) is 11.1 Å². The first kappa shape index (κ1) is 25.1. The standard InChI is InChI=1S/C27H18Cl4N2O2/c28-20-3-1-4-21(29)24(20)26(34)32-18-11-7-16(8-12-18)15-17-9-13-19(14-10-17)33-27(35)25-22(30)5-2-6-23(25)31/h1-14H,15H2,(H,32,34)(H,33,35). The van der Waals surface area contributed by atoms with Crippen molar-refractivity contribution >= 4 is 69.6 Å². The summed E-state index contributed by atoms with van der Waals surface area (Å²) in [7, 11) is 0. The summed E-state index contributed by atoms with van der Waals surface area (Å²) in [5, 5.41) is 6.79. The summed E-state index contributed by atoms with van der Waals surface area (Å²) in [4.78, 5) is 25.1. The van der Waals surface area contributed by atoms with Gasteiger partial charge in [-0.3, -0.25) is 9.59 Å². The molecule has 0 aliphatic carbocycles. The number of hydrogen-bond acceptors (Lipinski definition) is 2. The van der Waals surface area contributed by atoms with Crippen molar-refractivity contribution in [2.75, 3.05) is 10.6 Å². The molecule has 0 spiro atoms. The average Bonchev–Trinajstić information content (AvgIpc) is 2.81. The van der Waals surface area contributed by atoms with Crippen molar-refractivity contribution < 1.29 is 9.59 Å². The van der Waals surface area contributed by atoms with Crippen molar-refractivity contribution in [1.29, 1.82) is 0 Å². The van der Waals surface area contributed by atoms with E-state index in [1.165, 1.54) is 0 Å². The Morgan fingerprint density at radius 2 is 0.829 bits per heavy atom. The summed E-state index contributed by atoms with van der Waals surface area (Å²) in [5.74, 6) is -0.742. The van der Waals surface area contributed by atoms with E-state index in [1.807, 2.05) is 48.5 Å². The van der Waals surface area contributed by atoms with E-state index in [0.29, 0.717) is 37.9 Å². The number of carbonyl (C=O) groups is 2. The smallest absolute Gasteiger partial charge is 0.258 e. The van der Waals surface area contributed by atoms with Crippen LogP contribution in [0.3, 0.4) is 0 Å². The van der Waals surface area contributed by atoms with Gasteiger partial charge in [0.1, 0.15) is 0 Å². The molecule has 4 aromatic rings. The fourth-order valence-electron chi connectivity index (χ4n) is 3.46. The van der Waals surface area contributed by atoms with Crippen molar-refractivity contribution in [2.45, 2.75) is 6.42 Å². The maximum atomic E-state index is 12.5. The summed E-state index contributed by atoms with van der Waals surface area (Å²) in [6, 6.07) is 24.8. The summed E-state index contributed by atoms with van der Waals surface area (Å²) < 4.78 is 0. The number of anilines is 2. The Kier molecular flexibility index (Phi) is 7.99. The van der Waals surface area contributed by atoms with Gasteiger partial charge in [-0.2, -0.15) is 0 Å². The molecule has 0 aromatic heterocycles. The van der Waals surface area contributed by atoms with Crippen LogP contribution < -0.4 is 10.6 Å². The normalized spacial score (nSPS) is 10.6. The Hall–Kier alpha value is -3.02. The maximum Gasteiger partial charge on any atom is 0.258 e. The fraction of sp³-hybridized carbons (Fsp3) is 0.0370. The van der Waals surface area contributed by atoms with Crippen LogP contribution in [-0.2, 0) is 6.42 Å². The SMILES string of the molecule is O=C(Nc1ccc(Cc2ccc(NC(=O)c3c(Cl)cccc3Cl)cc2)cc1)c1c(Cl)cccc1Cl. The lowest BCUT2D eigenvalue weighted by Crippen LogP contribution is -2.13. The van der Waals surface area contributed by atoms with Gasteiger partial charge in [-0.15, -0.1) is 0 Å². The Balaban J connectivity index is 1.37. The fourth-order valence-corrected chi connectivity index (χ4v) is 4.60. The first-order valence-electron chi connectivity index (χ1n) is 10.5. The van der Waals surface area contributed by atoms with E-state index in [1.54, 1.807) is 36.4 Å². The van der Waals surface area contributed by atoms with E-state index >= 15 is 0 Å². The van der Waals surface area contributed by atoms with E-state index in [2.05, 4.69) is 10.6 Å². The van der Waals surface area contributed by atoms with Gasteiger partial charge in [-0.1, -0.05) is 82.8 Å². The Morgan fingerprint density at radius 1 is 0.514 bits per heavy atom. The van der Waals surface area contributed by atoms with Crippen molar-refractivity contribution in [1.82, 2.24) is 0 Å². The van der Waals surface area contributed by atoms with Gasteiger partial charge in [0.15, 0.2) is 0 Å². The molecule has 2 amide bonds. The topological polar surface area (TPSA) is 58.2 Å². The van der Waals surface area contributed by atoms with Crippen LogP contribution in [0, 0.1) is 0 Å². The number of amides is 2. The number of hydrogen-bond donors (Lipinski definition) is 2. The lowest BCUT2D eigenvalue weighted by molar-refractivity contribution is 0.101. The van der Waals surface area contributed by atoms with Crippen LogP contribution in [0.25, 0.3) is 0 Å². The van der Waals surface area contributed by atoms with Crippen molar-refractivity contribution in [3.05, 3.63) is 127 Å². The van der Waals surface area contributed by atoms with Gasteiger partial charge in [-0.05, 0) is 66.1 Å². The second kappa shape index (κ2) is 11.1. The summed E-state index contributed by atoms with van der Waals surface area (Å²) >= 11 is 24.4. The van der Waals surface area contributed by atoms with Crippen LogP contribution in [-0.4, -0.2) is 11.8 Å². The molecule has 35 heavy (non-hydrogen) atoms. The zero-order valence-corrected chi connectivity index (χ0v) is 21.1. The highest BCUT2D eigenvalue weighted by molar-refractivity contribution is 6.41. The van der Waals surface area contributed by atoms with Gasteiger partial charge < -0.3 is 10.6 Å².